The number of primary amides is 1. The molecule has 1 amide bonds. The van der Waals surface area contributed by atoms with Crippen molar-refractivity contribution in [3.05, 3.63) is 53.8 Å². The number of carbonyl (C=O) groups excluding carboxylic acids is 2. The van der Waals surface area contributed by atoms with Gasteiger partial charge in [0.25, 0.3) is 12.2 Å². The van der Waals surface area contributed by atoms with Crippen molar-refractivity contribution >= 4 is 17.4 Å². The van der Waals surface area contributed by atoms with E-state index in [1.165, 1.54) is 12.3 Å². The number of rotatable bonds is 4. The van der Waals surface area contributed by atoms with Crippen LogP contribution in [0, 0.1) is 0 Å². The van der Waals surface area contributed by atoms with Crippen LogP contribution in [0.25, 0.3) is 5.57 Å². The van der Waals surface area contributed by atoms with E-state index in [1.54, 1.807) is 31.2 Å². The second-order valence-corrected chi connectivity index (χ2v) is 4.02. The summed E-state index contributed by atoms with van der Waals surface area (Å²) in [7, 11) is 0. The molecule has 0 saturated heterocycles. The predicted molar refractivity (Wildman–Crippen MR) is 68.3 cm³/mol. The van der Waals surface area contributed by atoms with E-state index in [9.17, 15) is 9.59 Å². The van der Waals surface area contributed by atoms with Gasteiger partial charge in [0.15, 0.2) is 0 Å². The molecular weight excluding hydrogens is 246 g/mol. The van der Waals surface area contributed by atoms with Crippen molar-refractivity contribution in [2.75, 3.05) is 0 Å². The summed E-state index contributed by atoms with van der Waals surface area (Å²) >= 11 is 0. The number of hydrogen-bond acceptors (Lipinski definition) is 4. The van der Waals surface area contributed by atoms with Crippen LogP contribution < -0.4 is 5.73 Å². The lowest BCUT2D eigenvalue weighted by molar-refractivity contribution is -0.152. The first-order valence-corrected chi connectivity index (χ1v) is 5.68. The van der Waals surface area contributed by atoms with E-state index in [1.807, 2.05) is 6.07 Å². The molecule has 1 heterocycles. The fourth-order valence-electron chi connectivity index (χ4n) is 1.59. The van der Waals surface area contributed by atoms with Gasteiger partial charge in [-0.05, 0) is 12.5 Å². The Bertz CT molecular complexity index is 560. The first-order valence-electron chi connectivity index (χ1n) is 5.68. The Hall–Kier alpha value is -2.56. The summed E-state index contributed by atoms with van der Waals surface area (Å²) < 4.78 is 10.1. The van der Waals surface area contributed by atoms with Crippen molar-refractivity contribution in [3.8, 4) is 0 Å². The Morgan fingerprint density at radius 2 is 2.05 bits per heavy atom. The Morgan fingerprint density at radius 3 is 2.58 bits per heavy atom. The van der Waals surface area contributed by atoms with Gasteiger partial charge in [0.2, 0.25) is 0 Å². The van der Waals surface area contributed by atoms with Crippen molar-refractivity contribution in [2.24, 2.45) is 5.73 Å². The number of ether oxygens (including phenoxy) is 2. The van der Waals surface area contributed by atoms with E-state index in [0.29, 0.717) is 11.1 Å². The molecule has 98 valence electrons. The maximum Gasteiger partial charge on any atom is 0.336 e. The second-order valence-electron chi connectivity index (χ2n) is 4.02. The van der Waals surface area contributed by atoms with Gasteiger partial charge in [-0.3, -0.25) is 4.79 Å². The summed E-state index contributed by atoms with van der Waals surface area (Å²) in [6.45, 7) is 1.63. The molecule has 19 heavy (non-hydrogen) atoms. The van der Waals surface area contributed by atoms with Crippen molar-refractivity contribution < 1.29 is 19.1 Å². The lowest BCUT2D eigenvalue weighted by Gasteiger charge is -2.09. The van der Waals surface area contributed by atoms with Gasteiger partial charge in [0, 0.05) is 11.6 Å². The van der Waals surface area contributed by atoms with E-state index in [0.717, 1.165) is 0 Å². The molecule has 0 aromatic heterocycles. The van der Waals surface area contributed by atoms with E-state index in [2.05, 4.69) is 0 Å². The quantitative estimate of drug-likeness (QED) is 0.503. The maximum atomic E-state index is 11.4. The number of esters is 1. The van der Waals surface area contributed by atoms with Gasteiger partial charge in [0.05, 0.1) is 5.57 Å². The summed E-state index contributed by atoms with van der Waals surface area (Å²) in [6.07, 6.45) is 1.93. The Morgan fingerprint density at radius 1 is 1.37 bits per heavy atom. The third-order valence-corrected chi connectivity index (χ3v) is 2.60. The van der Waals surface area contributed by atoms with Crippen LogP contribution in [0.2, 0.25) is 0 Å². The lowest BCUT2D eigenvalue weighted by atomic mass is 10.1. The third kappa shape index (κ3) is 3.01. The van der Waals surface area contributed by atoms with E-state index >= 15 is 0 Å². The fourth-order valence-corrected chi connectivity index (χ4v) is 1.59. The number of benzene rings is 1. The predicted octanol–water partition coefficient (Wildman–Crippen LogP) is 1.36. The highest BCUT2D eigenvalue weighted by molar-refractivity contribution is 6.18. The Kier molecular flexibility index (Phi) is 3.66. The zero-order valence-electron chi connectivity index (χ0n) is 10.3. The van der Waals surface area contributed by atoms with Gasteiger partial charge in [-0.25, -0.2) is 4.79 Å². The topological polar surface area (TPSA) is 78.6 Å². The van der Waals surface area contributed by atoms with Crippen LogP contribution in [0.3, 0.4) is 0 Å². The van der Waals surface area contributed by atoms with E-state index < -0.39 is 18.2 Å². The normalized spacial score (nSPS) is 18.8. The zero-order chi connectivity index (χ0) is 13.8. The van der Waals surface area contributed by atoms with Crippen LogP contribution >= 0.6 is 0 Å². The molecule has 0 bridgehead atoms. The molecule has 0 aliphatic carbocycles. The second kappa shape index (κ2) is 5.39. The Labute approximate surface area is 110 Å². The number of hydrogen-bond donors (Lipinski definition) is 1. The van der Waals surface area contributed by atoms with Gasteiger partial charge in [-0.1, -0.05) is 30.3 Å². The number of nitrogens with two attached hydrogens (primary N) is 1. The van der Waals surface area contributed by atoms with Crippen LogP contribution in [0.5, 0.6) is 0 Å². The molecule has 5 heteroatoms. The maximum absolute atomic E-state index is 11.4. The number of amides is 1. The molecule has 1 aliphatic rings. The van der Waals surface area contributed by atoms with Crippen LogP contribution in [-0.2, 0) is 19.1 Å². The summed E-state index contributed by atoms with van der Waals surface area (Å²) in [5.74, 6) is -1.05. The fraction of sp³-hybridized carbons (Fsp3) is 0.143. The van der Waals surface area contributed by atoms with Crippen molar-refractivity contribution in [3.63, 3.8) is 0 Å². The van der Waals surface area contributed by atoms with E-state index in [4.69, 9.17) is 15.2 Å². The van der Waals surface area contributed by atoms with Gasteiger partial charge >= 0.3 is 5.97 Å². The van der Waals surface area contributed by atoms with Crippen molar-refractivity contribution in [1.82, 2.24) is 0 Å². The first-order chi connectivity index (χ1) is 9.08. The molecule has 5 nitrogen and oxygen atoms in total. The third-order valence-electron chi connectivity index (χ3n) is 2.60. The summed E-state index contributed by atoms with van der Waals surface area (Å²) in [5.41, 5.74) is 6.62. The molecule has 1 unspecified atom stereocenters. The molecule has 1 aromatic rings. The molecule has 1 aromatic carbocycles. The van der Waals surface area contributed by atoms with Crippen molar-refractivity contribution in [2.45, 2.75) is 13.2 Å². The molecule has 2 N–H and O–H groups in total. The SMILES string of the molecule is CC1=CC(O/C=C(/C(N)=O)c2ccccc2)OC1=O. The van der Waals surface area contributed by atoms with Crippen LogP contribution in [0.15, 0.2) is 48.2 Å². The lowest BCUT2D eigenvalue weighted by Crippen LogP contribution is -2.15. The molecule has 0 saturated carbocycles. The minimum Gasteiger partial charge on any atom is -0.458 e. The summed E-state index contributed by atoms with van der Waals surface area (Å²) in [5, 5.41) is 0. The summed E-state index contributed by atoms with van der Waals surface area (Å²) in [6, 6.07) is 8.87. The molecule has 1 atom stereocenters. The van der Waals surface area contributed by atoms with Crippen LogP contribution in [-0.4, -0.2) is 18.2 Å². The largest absolute Gasteiger partial charge is 0.458 e. The molecule has 0 spiro atoms. The van der Waals surface area contributed by atoms with Gasteiger partial charge in [-0.2, -0.15) is 0 Å². The monoisotopic (exact) mass is 259 g/mol. The molecule has 0 fully saturated rings. The molecule has 1 aliphatic heterocycles. The van der Waals surface area contributed by atoms with Gasteiger partial charge in [-0.15, -0.1) is 0 Å². The van der Waals surface area contributed by atoms with Gasteiger partial charge in [0.1, 0.15) is 6.26 Å². The highest BCUT2D eigenvalue weighted by Gasteiger charge is 2.23. The minimum absolute atomic E-state index is 0.217. The smallest absolute Gasteiger partial charge is 0.336 e. The van der Waals surface area contributed by atoms with Crippen LogP contribution in [0.4, 0.5) is 0 Å². The van der Waals surface area contributed by atoms with Crippen LogP contribution in [0.1, 0.15) is 12.5 Å². The van der Waals surface area contributed by atoms with Crippen molar-refractivity contribution in [1.29, 1.82) is 0 Å². The van der Waals surface area contributed by atoms with E-state index in [-0.39, 0.29) is 5.57 Å². The average molecular weight is 259 g/mol. The standard InChI is InChI=1S/C14H13NO4/c1-9-7-12(19-14(9)17)18-8-11(13(15)16)10-5-3-2-4-6-10/h2-8,12H,1H3,(H2,15,16)/b11-8+. The molecular formula is C14H13NO4. The number of cyclic esters (lactones) is 1. The average Bonchev–Trinajstić information content (AvgIpc) is 2.70. The molecule has 2 rings (SSSR count). The molecule has 0 radical (unpaired) electrons. The summed E-state index contributed by atoms with van der Waals surface area (Å²) in [4.78, 5) is 22.5. The minimum atomic E-state index is -0.814. The van der Waals surface area contributed by atoms with Gasteiger partial charge < -0.3 is 15.2 Å². The highest BCUT2D eigenvalue weighted by Crippen LogP contribution is 2.18. The first kappa shape index (κ1) is 12.9. The highest BCUT2D eigenvalue weighted by atomic mass is 16.7. The Balaban J connectivity index is 2.15. The zero-order valence-corrected chi connectivity index (χ0v) is 10.3. The number of carbonyl (C=O) groups is 2.